The van der Waals surface area contributed by atoms with E-state index in [9.17, 15) is 0 Å². The van der Waals surface area contributed by atoms with Gasteiger partial charge in [0.25, 0.3) is 0 Å². The Morgan fingerprint density at radius 1 is 0.588 bits per heavy atom. The lowest BCUT2D eigenvalue weighted by Crippen LogP contribution is -2.38. The Labute approximate surface area is 106 Å². The summed E-state index contributed by atoms with van der Waals surface area (Å²) in [5, 5.41) is 0. The lowest BCUT2D eigenvalue weighted by Gasteiger charge is -2.35. The van der Waals surface area contributed by atoms with Gasteiger partial charge in [0, 0.05) is 0 Å². The van der Waals surface area contributed by atoms with E-state index in [0.717, 1.165) is 11.8 Å². The van der Waals surface area contributed by atoms with Gasteiger partial charge in [-0.05, 0) is 37.5 Å². The van der Waals surface area contributed by atoms with Crippen LogP contribution in [0.3, 0.4) is 0 Å². The van der Waals surface area contributed by atoms with Crippen LogP contribution in [0.1, 0.15) is 64.2 Å². The SMILES string of the molecule is B1O[C@@H](C2CCCCC2)[C@H](C2CCCCC2)O1. The van der Waals surface area contributed by atoms with Crippen LogP contribution in [0.4, 0.5) is 0 Å². The summed E-state index contributed by atoms with van der Waals surface area (Å²) in [6.07, 6.45) is 14.8. The molecule has 3 fully saturated rings. The maximum absolute atomic E-state index is 5.94. The van der Waals surface area contributed by atoms with E-state index in [1.54, 1.807) is 0 Å². The van der Waals surface area contributed by atoms with Crippen LogP contribution in [-0.2, 0) is 9.31 Å². The first-order valence-corrected chi connectivity index (χ1v) is 7.68. The van der Waals surface area contributed by atoms with Gasteiger partial charge in [0.1, 0.15) is 0 Å². The third-order valence-corrected chi connectivity index (χ3v) is 5.07. The molecule has 2 nitrogen and oxygen atoms in total. The molecule has 17 heavy (non-hydrogen) atoms. The Morgan fingerprint density at radius 3 is 1.41 bits per heavy atom. The van der Waals surface area contributed by atoms with Crippen LogP contribution in [0.15, 0.2) is 0 Å². The zero-order valence-corrected chi connectivity index (χ0v) is 10.9. The van der Waals surface area contributed by atoms with E-state index in [1.807, 2.05) is 0 Å². The third-order valence-electron chi connectivity index (χ3n) is 5.07. The van der Waals surface area contributed by atoms with Crippen LogP contribution < -0.4 is 0 Å². The van der Waals surface area contributed by atoms with Crippen LogP contribution in [0.5, 0.6) is 0 Å². The molecule has 0 aromatic carbocycles. The molecule has 0 unspecified atom stereocenters. The number of hydrogen-bond donors (Lipinski definition) is 0. The maximum atomic E-state index is 5.94. The minimum Gasteiger partial charge on any atom is -0.408 e. The van der Waals surface area contributed by atoms with Gasteiger partial charge in [0.15, 0.2) is 0 Å². The van der Waals surface area contributed by atoms with Gasteiger partial charge < -0.3 is 9.31 Å². The van der Waals surface area contributed by atoms with Crippen molar-refractivity contribution in [2.24, 2.45) is 11.8 Å². The molecule has 0 aromatic rings. The first-order valence-electron chi connectivity index (χ1n) is 7.68. The fourth-order valence-electron chi connectivity index (χ4n) is 4.12. The summed E-state index contributed by atoms with van der Waals surface area (Å²) in [5.74, 6) is 1.58. The molecular formula is C14H25BO2. The van der Waals surface area contributed by atoms with Crippen molar-refractivity contribution in [1.82, 2.24) is 0 Å². The third kappa shape index (κ3) is 2.71. The largest absolute Gasteiger partial charge is 0.438 e. The van der Waals surface area contributed by atoms with Crippen molar-refractivity contribution in [3.05, 3.63) is 0 Å². The number of hydrogen-bond acceptors (Lipinski definition) is 2. The molecule has 2 saturated carbocycles. The zero-order chi connectivity index (χ0) is 11.5. The van der Waals surface area contributed by atoms with Crippen molar-refractivity contribution in [2.75, 3.05) is 0 Å². The van der Waals surface area contributed by atoms with Crippen molar-refractivity contribution in [1.29, 1.82) is 0 Å². The monoisotopic (exact) mass is 236 g/mol. The first kappa shape index (κ1) is 12.0. The van der Waals surface area contributed by atoms with Gasteiger partial charge in [-0.1, -0.05) is 38.5 Å². The molecule has 0 N–H and O–H groups in total. The van der Waals surface area contributed by atoms with Gasteiger partial charge in [-0.15, -0.1) is 0 Å². The fraction of sp³-hybridized carbons (Fsp3) is 1.00. The molecule has 1 heterocycles. The highest BCUT2D eigenvalue weighted by Gasteiger charge is 2.40. The molecule has 1 saturated heterocycles. The quantitative estimate of drug-likeness (QED) is 0.685. The van der Waals surface area contributed by atoms with E-state index in [2.05, 4.69) is 0 Å². The molecule has 0 amide bonds. The molecule has 96 valence electrons. The van der Waals surface area contributed by atoms with E-state index in [-0.39, 0.29) is 0 Å². The van der Waals surface area contributed by atoms with E-state index in [0.29, 0.717) is 19.9 Å². The van der Waals surface area contributed by atoms with Crippen molar-refractivity contribution in [2.45, 2.75) is 76.4 Å². The summed E-state index contributed by atoms with van der Waals surface area (Å²) in [4.78, 5) is 0. The molecule has 3 aliphatic rings. The normalized spacial score (nSPS) is 36.9. The highest BCUT2D eigenvalue weighted by atomic mass is 16.6. The molecule has 2 aliphatic carbocycles. The van der Waals surface area contributed by atoms with E-state index >= 15 is 0 Å². The maximum Gasteiger partial charge on any atom is 0.438 e. The standard InChI is InChI=1S/C14H25BO2/c1-3-7-11(8-4-1)13-14(17-15-16-13)12-9-5-2-6-10-12/h11-15H,1-10H2/t13-,14-/m0/s1. The highest BCUT2D eigenvalue weighted by molar-refractivity contribution is 6.19. The summed E-state index contributed by atoms with van der Waals surface area (Å²) in [6.45, 7) is 0. The average molecular weight is 236 g/mol. The summed E-state index contributed by atoms with van der Waals surface area (Å²) >= 11 is 0. The van der Waals surface area contributed by atoms with Gasteiger partial charge >= 0.3 is 7.69 Å². The van der Waals surface area contributed by atoms with Crippen LogP contribution in [-0.4, -0.2) is 19.9 Å². The second kappa shape index (κ2) is 5.75. The van der Waals surface area contributed by atoms with Gasteiger partial charge in [-0.3, -0.25) is 0 Å². The summed E-state index contributed by atoms with van der Waals surface area (Å²) in [6, 6.07) is 0. The minimum absolute atomic E-state index is 0.429. The second-order valence-corrected chi connectivity index (χ2v) is 6.18. The van der Waals surface area contributed by atoms with E-state index in [4.69, 9.17) is 9.31 Å². The Bertz CT molecular complexity index is 210. The van der Waals surface area contributed by atoms with Crippen molar-refractivity contribution < 1.29 is 9.31 Å². The average Bonchev–Trinajstić information content (AvgIpc) is 2.90. The smallest absolute Gasteiger partial charge is 0.408 e. The fourth-order valence-corrected chi connectivity index (χ4v) is 4.12. The Hall–Kier alpha value is -0.0151. The van der Waals surface area contributed by atoms with Crippen LogP contribution in [0.2, 0.25) is 0 Å². The molecule has 0 aromatic heterocycles. The Balaban J connectivity index is 1.61. The lowest BCUT2D eigenvalue weighted by atomic mass is 9.77. The number of rotatable bonds is 2. The summed E-state index contributed by atoms with van der Waals surface area (Å²) < 4.78 is 11.9. The molecule has 2 atom stereocenters. The topological polar surface area (TPSA) is 18.5 Å². The van der Waals surface area contributed by atoms with Crippen molar-refractivity contribution >= 4 is 7.69 Å². The molecule has 3 heteroatoms. The predicted molar refractivity (Wildman–Crippen MR) is 70.0 cm³/mol. The second-order valence-electron chi connectivity index (χ2n) is 6.18. The van der Waals surface area contributed by atoms with Gasteiger partial charge in [0.2, 0.25) is 0 Å². The first-order chi connectivity index (χ1) is 8.45. The van der Waals surface area contributed by atoms with E-state index in [1.165, 1.54) is 64.2 Å². The minimum atomic E-state index is 0.429. The van der Waals surface area contributed by atoms with Gasteiger partial charge in [-0.2, -0.15) is 0 Å². The van der Waals surface area contributed by atoms with E-state index < -0.39 is 0 Å². The zero-order valence-electron chi connectivity index (χ0n) is 10.9. The van der Waals surface area contributed by atoms with Crippen LogP contribution in [0.25, 0.3) is 0 Å². The highest BCUT2D eigenvalue weighted by Crippen LogP contribution is 2.38. The summed E-state index contributed by atoms with van der Waals surface area (Å²) in [7, 11) is 0.558. The van der Waals surface area contributed by atoms with Crippen molar-refractivity contribution in [3.8, 4) is 0 Å². The van der Waals surface area contributed by atoms with Gasteiger partial charge in [-0.25, -0.2) is 0 Å². The molecule has 0 radical (unpaired) electrons. The molecule has 0 spiro atoms. The molecule has 3 rings (SSSR count). The molecule has 0 bridgehead atoms. The van der Waals surface area contributed by atoms with Crippen molar-refractivity contribution in [3.63, 3.8) is 0 Å². The van der Waals surface area contributed by atoms with Crippen LogP contribution in [0, 0.1) is 11.8 Å². The predicted octanol–water partition coefficient (Wildman–Crippen LogP) is 3.20. The van der Waals surface area contributed by atoms with Gasteiger partial charge in [0.05, 0.1) is 12.2 Å². The van der Waals surface area contributed by atoms with Crippen LogP contribution >= 0.6 is 0 Å². The Morgan fingerprint density at radius 2 is 1.00 bits per heavy atom. The molecule has 1 aliphatic heterocycles. The summed E-state index contributed by atoms with van der Waals surface area (Å²) in [5.41, 5.74) is 0. The Kier molecular flexibility index (Phi) is 4.07. The lowest BCUT2D eigenvalue weighted by molar-refractivity contribution is 0.0324. The molecular weight excluding hydrogens is 211 g/mol.